The number of alkyl halides is 4. The van der Waals surface area contributed by atoms with Crippen LogP contribution in [0.1, 0.15) is 11.1 Å². The highest BCUT2D eigenvalue weighted by Crippen LogP contribution is 2.31. The highest BCUT2D eigenvalue weighted by atomic mass is 32.2. The summed E-state index contributed by atoms with van der Waals surface area (Å²) >= 11 is -0.905. The Kier molecular flexibility index (Phi) is 8.15. The van der Waals surface area contributed by atoms with E-state index in [0.717, 1.165) is 6.07 Å². The summed E-state index contributed by atoms with van der Waals surface area (Å²) in [6.45, 7) is -1.63. The van der Waals surface area contributed by atoms with Crippen LogP contribution in [0.15, 0.2) is 24.3 Å². The molecule has 1 aromatic rings. The van der Waals surface area contributed by atoms with Crippen molar-refractivity contribution >= 4 is 34.1 Å². The highest BCUT2D eigenvalue weighted by Gasteiger charge is 2.48. The van der Waals surface area contributed by atoms with Crippen LogP contribution in [0.2, 0.25) is 0 Å². The SMILES string of the molecule is O=C(OCc1cccc(COC(=O)C(F)(F)S(=O)(=O)[O-])c1)C(F)(F)SOO[O-]. The van der Waals surface area contributed by atoms with Crippen LogP contribution in [0.4, 0.5) is 17.6 Å². The third kappa shape index (κ3) is 6.57. The largest absolute Gasteiger partial charge is 0.743 e. The molecule has 158 valence electrons. The third-order valence-electron chi connectivity index (χ3n) is 2.69. The zero-order chi connectivity index (χ0) is 21.6. The normalized spacial score (nSPS) is 12.5. The molecule has 0 unspecified atom stereocenters. The first-order valence-electron chi connectivity index (χ1n) is 6.59. The molecule has 0 amide bonds. The van der Waals surface area contributed by atoms with Crippen molar-refractivity contribution in [3.05, 3.63) is 35.4 Å². The van der Waals surface area contributed by atoms with E-state index in [1.807, 2.05) is 0 Å². The molecule has 1 rings (SSSR count). The number of halogens is 4. The average Bonchev–Trinajstić information content (AvgIpc) is 2.61. The highest BCUT2D eigenvalue weighted by molar-refractivity contribution is 7.96. The zero-order valence-corrected chi connectivity index (χ0v) is 14.8. The quantitative estimate of drug-likeness (QED) is 0.121. The van der Waals surface area contributed by atoms with Crippen LogP contribution in [0.25, 0.3) is 0 Å². The van der Waals surface area contributed by atoms with Crippen molar-refractivity contribution < 1.29 is 64.2 Å². The number of hydrogen-bond acceptors (Lipinski definition) is 11. The molecule has 0 spiro atoms. The predicted molar refractivity (Wildman–Crippen MR) is 75.4 cm³/mol. The van der Waals surface area contributed by atoms with Gasteiger partial charge in [0.15, 0.2) is 10.1 Å². The Morgan fingerprint density at radius 3 is 2.00 bits per heavy atom. The first-order chi connectivity index (χ1) is 12.8. The van der Waals surface area contributed by atoms with Gasteiger partial charge in [-0.2, -0.15) is 21.9 Å². The Hall–Kier alpha value is -1.98. The first-order valence-corrected chi connectivity index (χ1v) is 8.74. The summed E-state index contributed by atoms with van der Waals surface area (Å²) < 4.78 is 94.8. The molecule has 0 saturated carbocycles. The van der Waals surface area contributed by atoms with E-state index < -0.39 is 57.8 Å². The van der Waals surface area contributed by atoms with Crippen LogP contribution in [-0.4, -0.2) is 35.4 Å². The van der Waals surface area contributed by atoms with Gasteiger partial charge in [-0.3, -0.25) is 5.04 Å². The number of hydrogen-bond donors (Lipinski definition) is 0. The van der Waals surface area contributed by atoms with Crippen LogP contribution in [0.5, 0.6) is 0 Å². The van der Waals surface area contributed by atoms with Gasteiger partial charge in [-0.05, 0) is 17.2 Å². The van der Waals surface area contributed by atoms with E-state index in [2.05, 4.69) is 18.8 Å². The summed E-state index contributed by atoms with van der Waals surface area (Å²) in [6, 6.07) is 4.81. The van der Waals surface area contributed by atoms with Crippen molar-refractivity contribution in [3.63, 3.8) is 0 Å². The van der Waals surface area contributed by atoms with Crippen LogP contribution >= 0.6 is 12.0 Å². The van der Waals surface area contributed by atoms with E-state index in [4.69, 9.17) is 0 Å². The summed E-state index contributed by atoms with van der Waals surface area (Å²) in [6.07, 6.45) is 0. The maximum Gasteiger partial charge on any atom is 0.428 e. The minimum absolute atomic E-state index is 0.0229. The molecule has 1 aromatic carbocycles. The number of esters is 2. The van der Waals surface area contributed by atoms with Crippen molar-refractivity contribution in [3.8, 4) is 0 Å². The van der Waals surface area contributed by atoms with E-state index in [1.54, 1.807) is 0 Å². The van der Waals surface area contributed by atoms with Crippen LogP contribution < -0.4 is 5.26 Å². The van der Waals surface area contributed by atoms with Gasteiger partial charge < -0.3 is 19.3 Å². The standard InChI is InChI=1S/C12H10F4O10S2/c13-11(14,27-26-25-19)9(17)23-5-7-2-1-3-8(4-7)6-24-10(18)12(15,16)28(20,21)22/h1-4,19H,5-6H2,(H,20,21,22)/p-2. The molecule has 0 aliphatic carbocycles. The van der Waals surface area contributed by atoms with Gasteiger partial charge in [0.05, 0.1) is 0 Å². The van der Waals surface area contributed by atoms with Gasteiger partial charge in [-0.15, -0.1) is 0 Å². The number of rotatable bonds is 10. The minimum atomic E-state index is -6.28. The fourth-order valence-electron chi connectivity index (χ4n) is 1.47. The lowest BCUT2D eigenvalue weighted by Crippen LogP contribution is -2.38. The van der Waals surface area contributed by atoms with E-state index in [9.17, 15) is 45.4 Å². The van der Waals surface area contributed by atoms with Crippen LogP contribution in [0.3, 0.4) is 0 Å². The summed E-state index contributed by atoms with van der Waals surface area (Å²) in [7, 11) is -6.28. The Morgan fingerprint density at radius 1 is 1.04 bits per heavy atom. The second-order valence-electron chi connectivity index (χ2n) is 4.68. The number of carbonyl (C=O) groups excluding carboxylic acids is 2. The van der Waals surface area contributed by atoms with E-state index in [1.165, 1.54) is 18.2 Å². The molecule has 0 saturated heterocycles. The molecule has 28 heavy (non-hydrogen) atoms. The molecule has 0 aliphatic heterocycles. The Bertz CT molecular complexity index is 814. The summed E-state index contributed by atoms with van der Waals surface area (Å²) in [4.78, 5) is 22.2. The fourth-order valence-corrected chi connectivity index (χ4v) is 1.97. The second kappa shape index (κ2) is 9.48. The molecule has 0 atom stereocenters. The molecular weight excluding hydrogens is 444 g/mol. The molecule has 16 heteroatoms. The van der Waals surface area contributed by atoms with Gasteiger partial charge in [0.1, 0.15) is 25.3 Å². The molecule has 10 nitrogen and oxygen atoms in total. The summed E-state index contributed by atoms with van der Waals surface area (Å²) in [5.74, 6) is -4.69. The van der Waals surface area contributed by atoms with E-state index in [-0.39, 0.29) is 11.1 Å². The van der Waals surface area contributed by atoms with Gasteiger partial charge in [-0.1, -0.05) is 18.2 Å². The lowest BCUT2D eigenvalue weighted by molar-refractivity contribution is -0.777. The maximum atomic E-state index is 13.1. The number of ether oxygens (including phenoxy) is 2. The number of benzene rings is 1. The molecule has 0 aliphatic rings. The second-order valence-corrected chi connectivity index (χ2v) is 6.92. The van der Waals surface area contributed by atoms with Gasteiger partial charge in [0, 0.05) is 0 Å². The van der Waals surface area contributed by atoms with Gasteiger partial charge in [0.2, 0.25) is 0 Å². The van der Waals surface area contributed by atoms with Gasteiger partial charge >= 0.3 is 22.4 Å². The van der Waals surface area contributed by atoms with E-state index >= 15 is 0 Å². The smallest absolute Gasteiger partial charge is 0.428 e. The van der Waals surface area contributed by atoms with Crippen molar-refractivity contribution in [1.29, 1.82) is 0 Å². The fraction of sp³-hybridized carbons (Fsp3) is 0.333. The van der Waals surface area contributed by atoms with Crippen molar-refractivity contribution in [2.24, 2.45) is 0 Å². The van der Waals surface area contributed by atoms with Crippen LogP contribution in [-0.2, 0) is 51.8 Å². The monoisotopic (exact) mass is 452 g/mol. The summed E-state index contributed by atoms with van der Waals surface area (Å²) in [5, 5.41) is 2.59. The first kappa shape index (κ1) is 24.1. The van der Waals surface area contributed by atoms with Crippen molar-refractivity contribution in [1.82, 2.24) is 0 Å². The topological polar surface area (TPSA) is 151 Å². The number of carbonyl (C=O) groups is 2. The molecule has 0 radical (unpaired) electrons. The molecule has 0 fully saturated rings. The Balaban J connectivity index is 2.68. The maximum absolute atomic E-state index is 13.1. The lowest BCUT2D eigenvalue weighted by atomic mass is 10.1. The Morgan fingerprint density at radius 2 is 1.54 bits per heavy atom. The predicted octanol–water partition coefficient (Wildman–Crippen LogP) is 0.376. The molecule has 0 N–H and O–H groups in total. The van der Waals surface area contributed by atoms with Crippen LogP contribution in [0, 0.1) is 0 Å². The van der Waals surface area contributed by atoms with Gasteiger partial charge in [-0.25, -0.2) is 18.0 Å². The lowest BCUT2D eigenvalue weighted by Gasteiger charge is -2.18. The average molecular weight is 452 g/mol. The molecule has 0 heterocycles. The van der Waals surface area contributed by atoms with Gasteiger partial charge in [0.25, 0.3) is 0 Å². The zero-order valence-electron chi connectivity index (χ0n) is 13.1. The summed E-state index contributed by atoms with van der Waals surface area (Å²) in [5.41, 5.74) is 0.0251. The molecular formula is C12H8F4O10S2-2. The molecule has 0 bridgehead atoms. The molecule has 0 aromatic heterocycles. The minimum Gasteiger partial charge on any atom is -0.743 e. The Labute approximate surface area is 158 Å². The third-order valence-corrected chi connectivity index (χ3v) is 3.98. The van der Waals surface area contributed by atoms with E-state index in [0.29, 0.717) is 0 Å². The van der Waals surface area contributed by atoms with Crippen molar-refractivity contribution in [2.45, 2.75) is 23.7 Å². The van der Waals surface area contributed by atoms with Crippen molar-refractivity contribution in [2.75, 3.05) is 0 Å².